The second kappa shape index (κ2) is 5.12. The summed E-state index contributed by atoms with van der Waals surface area (Å²) in [7, 11) is 0. The Morgan fingerprint density at radius 1 is 1.28 bits per heavy atom. The van der Waals surface area contributed by atoms with Gasteiger partial charge in [-0.1, -0.05) is 6.92 Å². The summed E-state index contributed by atoms with van der Waals surface area (Å²) in [5.74, 6) is -1.86. The van der Waals surface area contributed by atoms with E-state index in [1.165, 1.54) is 12.4 Å². The Bertz CT molecular complexity index is 449. The Kier molecular flexibility index (Phi) is 3.55. The minimum absolute atomic E-state index is 0.214. The van der Waals surface area contributed by atoms with Crippen LogP contribution in [0.15, 0.2) is 18.5 Å². The van der Waals surface area contributed by atoms with Crippen molar-refractivity contribution >= 4 is 17.8 Å². The standard InChI is InChI=1S/C12H15N3O3/c1-7-5-8(9(6-7)11(17)18)10(16)15-12-13-3-2-4-14-12/h2-4,7-9H,5-6H2,1H3,(H,17,18)(H,13,14,15,16). The number of hydrogen-bond acceptors (Lipinski definition) is 4. The molecular weight excluding hydrogens is 234 g/mol. The third-order valence-electron chi connectivity index (χ3n) is 3.25. The number of hydrogen-bond donors (Lipinski definition) is 2. The van der Waals surface area contributed by atoms with Crippen molar-refractivity contribution in [2.75, 3.05) is 5.32 Å². The van der Waals surface area contributed by atoms with Gasteiger partial charge in [-0.25, -0.2) is 9.97 Å². The van der Waals surface area contributed by atoms with E-state index in [0.717, 1.165) is 0 Å². The molecule has 2 N–H and O–H groups in total. The molecule has 0 bridgehead atoms. The van der Waals surface area contributed by atoms with Gasteiger partial charge in [0.15, 0.2) is 0 Å². The molecule has 2 rings (SSSR count). The van der Waals surface area contributed by atoms with Crippen LogP contribution in [0.2, 0.25) is 0 Å². The number of carboxylic acids is 1. The van der Waals surface area contributed by atoms with Gasteiger partial charge in [0.05, 0.1) is 11.8 Å². The van der Waals surface area contributed by atoms with Crippen LogP contribution in [0.25, 0.3) is 0 Å². The highest BCUT2D eigenvalue weighted by Crippen LogP contribution is 2.36. The maximum absolute atomic E-state index is 12.0. The second-order valence-electron chi connectivity index (χ2n) is 4.69. The van der Waals surface area contributed by atoms with Crippen molar-refractivity contribution < 1.29 is 14.7 Å². The average Bonchev–Trinajstić information content (AvgIpc) is 2.73. The van der Waals surface area contributed by atoms with Gasteiger partial charge in [0.2, 0.25) is 11.9 Å². The van der Waals surface area contributed by atoms with Crippen LogP contribution in [0.5, 0.6) is 0 Å². The van der Waals surface area contributed by atoms with Gasteiger partial charge in [0.1, 0.15) is 0 Å². The van der Waals surface area contributed by atoms with E-state index < -0.39 is 17.8 Å². The molecule has 1 aromatic rings. The summed E-state index contributed by atoms with van der Waals surface area (Å²) in [4.78, 5) is 30.9. The molecule has 0 saturated heterocycles. The number of carboxylic acid groups (broad SMARTS) is 1. The van der Waals surface area contributed by atoms with Gasteiger partial charge in [0, 0.05) is 12.4 Å². The first-order chi connectivity index (χ1) is 8.58. The van der Waals surface area contributed by atoms with Crippen molar-refractivity contribution in [1.82, 2.24) is 9.97 Å². The number of carbonyl (C=O) groups excluding carboxylic acids is 1. The zero-order valence-corrected chi connectivity index (χ0v) is 10.0. The molecule has 6 heteroatoms. The van der Waals surface area contributed by atoms with Crippen molar-refractivity contribution in [2.45, 2.75) is 19.8 Å². The normalized spacial score (nSPS) is 26.8. The molecule has 1 aromatic heterocycles. The van der Waals surface area contributed by atoms with Gasteiger partial charge < -0.3 is 5.11 Å². The van der Waals surface area contributed by atoms with Gasteiger partial charge in [-0.15, -0.1) is 0 Å². The molecule has 1 amide bonds. The Morgan fingerprint density at radius 3 is 2.50 bits per heavy atom. The average molecular weight is 249 g/mol. The largest absolute Gasteiger partial charge is 0.481 e. The van der Waals surface area contributed by atoms with Crippen molar-refractivity contribution in [3.63, 3.8) is 0 Å². The maximum atomic E-state index is 12.0. The number of nitrogens with zero attached hydrogens (tertiary/aromatic N) is 2. The molecule has 1 fully saturated rings. The third kappa shape index (κ3) is 2.64. The van der Waals surface area contributed by atoms with E-state index in [1.54, 1.807) is 6.07 Å². The summed E-state index contributed by atoms with van der Waals surface area (Å²) in [6, 6.07) is 1.65. The van der Waals surface area contributed by atoms with Crippen molar-refractivity contribution in [2.24, 2.45) is 17.8 Å². The zero-order valence-electron chi connectivity index (χ0n) is 10.0. The fourth-order valence-electron chi connectivity index (χ4n) is 2.42. The molecule has 0 aliphatic heterocycles. The number of amides is 1. The monoisotopic (exact) mass is 249 g/mol. The third-order valence-corrected chi connectivity index (χ3v) is 3.25. The number of anilines is 1. The summed E-state index contributed by atoms with van der Waals surface area (Å²) in [6.07, 6.45) is 4.18. The van der Waals surface area contributed by atoms with Gasteiger partial charge in [-0.05, 0) is 24.8 Å². The molecule has 1 aliphatic carbocycles. The van der Waals surface area contributed by atoms with E-state index in [0.29, 0.717) is 12.8 Å². The number of nitrogens with one attached hydrogen (secondary N) is 1. The predicted octanol–water partition coefficient (Wildman–Crippen LogP) is 1.16. The number of aromatic nitrogens is 2. The van der Waals surface area contributed by atoms with Crippen molar-refractivity contribution in [3.8, 4) is 0 Å². The topological polar surface area (TPSA) is 92.2 Å². The molecule has 18 heavy (non-hydrogen) atoms. The Labute approximate surface area is 104 Å². The summed E-state index contributed by atoms with van der Waals surface area (Å²) >= 11 is 0. The molecular formula is C12H15N3O3. The first kappa shape index (κ1) is 12.5. The quantitative estimate of drug-likeness (QED) is 0.838. The minimum atomic E-state index is -0.909. The summed E-state index contributed by atoms with van der Waals surface area (Å²) in [6.45, 7) is 1.96. The highest BCUT2D eigenvalue weighted by molar-refractivity contribution is 5.94. The van der Waals surface area contributed by atoms with Crippen molar-refractivity contribution in [3.05, 3.63) is 18.5 Å². The predicted molar refractivity (Wildman–Crippen MR) is 63.7 cm³/mol. The van der Waals surface area contributed by atoms with Gasteiger partial charge in [0.25, 0.3) is 0 Å². The van der Waals surface area contributed by atoms with Crippen molar-refractivity contribution in [1.29, 1.82) is 0 Å². The first-order valence-corrected chi connectivity index (χ1v) is 5.88. The summed E-state index contributed by atoms with van der Waals surface area (Å²) < 4.78 is 0. The molecule has 0 radical (unpaired) electrons. The van der Waals surface area contributed by atoms with E-state index in [2.05, 4.69) is 15.3 Å². The molecule has 3 unspecified atom stereocenters. The fourth-order valence-corrected chi connectivity index (χ4v) is 2.42. The van der Waals surface area contributed by atoms with Gasteiger partial charge >= 0.3 is 5.97 Å². The Balaban J connectivity index is 2.06. The lowest BCUT2D eigenvalue weighted by molar-refractivity contribution is -0.145. The lowest BCUT2D eigenvalue weighted by atomic mass is 9.95. The minimum Gasteiger partial charge on any atom is -0.481 e. The number of aliphatic carboxylic acids is 1. The lowest BCUT2D eigenvalue weighted by Crippen LogP contribution is -2.30. The highest BCUT2D eigenvalue weighted by atomic mass is 16.4. The molecule has 1 aliphatic rings. The molecule has 0 spiro atoms. The van der Waals surface area contributed by atoms with E-state index in [4.69, 9.17) is 5.11 Å². The number of rotatable bonds is 3. The smallest absolute Gasteiger partial charge is 0.307 e. The van der Waals surface area contributed by atoms with E-state index >= 15 is 0 Å². The van der Waals surface area contributed by atoms with Crippen LogP contribution in [0.3, 0.4) is 0 Å². The molecule has 6 nitrogen and oxygen atoms in total. The number of carbonyl (C=O) groups is 2. The highest BCUT2D eigenvalue weighted by Gasteiger charge is 2.41. The molecule has 0 aromatic carbocycles. The van der Waals surface area contributed by atoms with E-state index in [-0.39, 0.29) is 17.8 Å². The molecule has 1 heterocycles. The van der Waals surface area contributed by atoms with Crippen LogP contribution >= 0.6 is 0 Å². The van der Waals surface area contributed by atoms with Crippen LogP contribution in [0, 0.1) is 17.8 Å². The van der Waals surface area contributed by atoms with Gasteiger partial charge in [-0.2, -0.15) is 0 Å². The Hall–Kier alpha value is -1.98. The summed E-state index contributed by atoms with van der Waals surface area (Å²) in [5.41, 5.74) is 0. The van der Waals surface area contributed by atoms with E-state index in [1.807, 2.05) is 6.92 Å². The van der Waals surface area contributed by atoms with Crippen LogP contribution in [-0.2, 0) is 9.59 Å². The Morgan fingerprint density at radius 2 is 1.89 bits per heavy atom. The summed E-state index contributed by atoms with van der Waals surface area (Å²) in [5, 5.41) is 11.7. The second-order valence-corrected chi connectivity index (χ2v) is 4.69. The van der Waals surface area contributed by atoms with E-state index in [9.17, 15) is 9.59 Å². The molecule has 96 valence electrons. The van der Waals surface area contributed by atoms with Crippen LogP contribution in [-0.4, -0.2) is 27.0 Å². The van der Waals surface area contributed by atoms with Crippen LogP contribution < -0.4 is 5.32 Å². The fraction of sp³-hybridized carbons (Fsp3) is 0.500. The van der Waals surface area contributed by atoms with Gasteiger partial charge in [-0.3, -0.25) is 14.9 Å². The zero-order chi connectivity index (χ0) is 13.1. The first-order valence-electron chi connectivity index (χ1n) is 5.88. The lowest BCUT2D eigenvalue weighted by Gasteiger charge is -2.14. The SMILES string of the molecule is CC1CC(C(=O)O)C(C(=O)Nc2ncccn2)C1. The molecule has 3 atom stereocenters. The maximum Gasteiger partial charge on any atom is 0.307 e. The van der Waals surface area contributed by atoms with Crippen LogP contribution in [0.1, 0.15) is 19.8 Å². The molecule has 1 saturated carbocycles. The van der Waals surface area contributed by atoms with Crippen LogP contribution in [0.4, 0.5) is 5.95 Å².